The van der Waals surface area contributed by atoms with Gasteiger partial charge in [-0.2, -0.15) is 0 Å². The molecule has 1 aliphatic rings. The van der Waals surface area contributed by atoms with E-state index in [2.05, 4.69) is 15.6 Å². The van der Waals surface area contributed by atoms with Gasteiger partial charge < -0.3 is 15.4 Å². The van der Waals surface area contributed by atoms with Crippen molar-refractivity contribution in [3.05, 3.63) is 57.6 Å². The number of carbonyl (C=O) groups excluding carboxylic acids is 2. The maximum absolute atomic E-state index is 12.4. The zero-order chi connectivity index (χ0) is 21.8. The molecule has 156 valence electrons. The van der Waals surface area contributed by atoms with Crippen molar-refractivity contribution in [3.8, 4) is 5.75 Å². The van der Waals surface area contributed by atoms with Gasteiger partial charge in [-0.1, -0.05) is 23.9 Å². The zero-order valence-corrected chi connectivity index (χ0v) is 17.4. The Balaban J connectivity index is 1.70. The minimum absolute atomic E-state index is 0.0948. The molecule has 10 heteroatoms. The summed E-state index contributed by atoms with van der Waals surface area (Å²) in [4.78, 5) is 39.7. The predicted molar refractivity (Wildman–Crippen MR) is 115 cm³/mol. The molecule has 0 saturated carbocycles. The van der Waals surface area contributed by atoms with E-state index in [9.17, 15) is 19.7 Å². The Morgan fingerprint density at radius 2 is 1.97 bits per heavy atom. The molecule has 1 saturated heterocycles. The summed E-state index contributed by atoms with van der Waals surface area (Å²) in [5, 5.41) is 16.1. The lowest BCUT2D eigenvalue weighted by Gasteiger charge is -2.08. The molecule has 2 aromatic carbocycles. The van der Waals surface area contributed by atoms with Gasteiger partial charge in [0, 0.05) is 12.5 Å². The van der Waals surface area contributed by atoms with Crippen LogP contribution in [-0.4, -0.2) is 34.3 Å². The van der Waals surface area contributed by atoms with E-state index in [1.165, 1.54) is 19.2 Å². The number of amides is 2. The number of aliphatic imine (C=N–C) groups is 1. The van der Waals surface area contributed by atoms with E-state index in [1.807, 2.05) is 19.1 Å². The number of hydrogen-bond acceptors (Lipinski definition) is 7. The fraction of sp³-hybridized carbons (Fsp3) is 0.250. The SMILES string of the molecule is COc1ccc(C)cc1N=C1NC(=O)C(CC(=O)Nc2ccc(C)cc2[N+](=O)[O-])S1. The van der Waals surface area contributed by atoms with Crippen LogP contribution in [0.25, 0.3) is 0 Å². The van der Waals surface area contributed by atoms with Gasteiger partial charge in [0.1, 0.15) is 22.4 Å². The smallest absolute Gasteiger partial charge is 0.293 e. The summed E-state index contributed by atoms with van der Waals surface area (Å²) in [5.41, 5.74) is 2.16. The molecule has 2 N–H and O–H groups in total. The van der Waals surface area contributed by atoms with E-state index in [0.717, 1.165) is 17.3 Å². The maximum atomic E-state index is 12.4. The van der Waals surface area contributed by atoms with Gasteiger partial charge in [-0.3, -0.25) is 19.7 Å². The van der Waals surface area contributed by atoms with Crippen molar-refractivity contribution in [2.45, 2.75) is 25.5 Å². The third kappa shape index (κ3) is 4.95. The number of carbonyl (C=O) groups is 2. The van der Waals surface area contributed by atoms with E-state index < -0.39 is 16.1 Å². The fourth-order valence-electron chi connectivity index (χ4n) is 2.86. The van der Waals surface area contributed by atoms with Gasteiger partial charge in [-0.15, -0.1) is 0 Å². The second-order valence-corrected chi connectivity index (χ2v) is 7.91. The molecule has 30 heavy (non-hydrogen) atoms. The fourth-order valence-corrected chi connectivity index (χ4v) is 3.84. The molecule has 3 rings (SSSR count). The molecular formula is C20H20N4O5S. The first-order valence-corrected chi connectivity index (χ1v) is 9.90. The standard InChI is InChI=1S/C20H20N4O5S/c1-11-5-7-16(29-3)14(8-11)22-20-23-19(26)17(30-20)10-18(25)21-13-6-4-12(2)9-15(13)24(27)28/h4-9,17H,10H2,1-3H3,(H,21,25)(H,22,23,26). The second kappa shape index (κ2) is 8.95. The van der Waals surface area contributed by atoms with Crippen molar-refractivity contribution < 1.29 is 19.2 Å². The third-order valence-electron chi connectivity index (χ3n) is 4.33. The van der Waals surface area contributed by atoms with Crippen molar-refractivity contribution in [1.82, 2.24) is 5.32 Å². The quantitative estimate of drug-likeness (QED) is 0.536. The Hall–Kier alpha value is -3.40. The molecule has 9 nitrogen and oxygen atoms in total. The zero-order valence-electron chi connectivity index (χ0n) is 16.6. The van der Waals surface area contributed by atoms with E-state index in [4.69, 9.17) is 4.74 Å². The van der Waals surface area contributed by atoms with Gasteiger partial charge >= 0.3 is 0 Å². The molecule has 1 heterocycles. The monoisotopic (exact) mass is 428 g/mol. The predicted octanol–water partition coefficient (Wildman–Crippen LogP) is 3.47. The van der Waals surface area contributed by atoms with Crippen molar-refractivity contribution in [1.29, 1.82) is 0 Å². The van der Waals surface area contributed by atoms with Gasteiger partial charge in [-0.05, 0) is 43.2 Å². The molecule has 1 aliphatic heterocycles. The highest BCUT2D eigenvalue weighted by Crippen LogP contribution is 2.32. The highest BCUT2D eigenvalue weighted by molar-refractivity contribution is 8.15. The molecule has 2 amide bonds. The first-order chi connectivity index (χ1) is 14.3. The topological polar surface area (TPSA) is 123 Å². The third-order valence-corrected chi connectivity index (χ3v) is 5.41. The number of anilines is 1. The number of ether oxygens (including phenoxy) is 1. The summed E-state index contributed by atoms with van der Waals surface area (Å²) < 4.78 is 5.29. The summed E-state index contributed by atoms with van der Waals surface area (Å²) in [6.07, 6.45) is -0.147. The lowest BCUT2D eigenvalue weighted by Crippen LogP contribution is -2.28. The van der Waals surface area contributed by atoms with Gasteiger partial charge in [0.15, 0.2) is 5.17 Å². The van der Waals surface area contributed by atoms with Crippen molar-refractivity contribution >= 4 is 45.8 Å². The first kappa shape index (κ1) is 21.3. The Morgan fingerprint density at radius 3 is 2.67 bits per heavy atom. The summed E-state index contributed by atoms with van der Waals surface area (Å²) in [7, 11) is 1.53. The maximum Gasteiger partial charge on any atom is 0.293 e. The average Bonchev–Trinajstić information content (AvgIpc) is 3.02. The van der Waals surface area contributed by atoms with Crippen molar-refractivity contribution in [2.24, 2.45) is 4.99 Å². The number of thioether (sulfide) groups is 1. The van der Waals surface area contributed by atoms with Crippen LogP contribution in [0, 0.1) is 24.0 Å². The number of nitrogens with zero attached hydrogens (tertiary/aromatic N) is 2. The van der Waals surface area contributed by atoms with Crippen LogP contribution in [0.4, 0.5) is 17.1 Å². The van der Waals surface area contributed by atoms with Crippen molar-refractivity contribution in [2.75, 3.05) is 12.4 Å². The lowest BCUT2D eigenvalue weighted by atomic mass is 10.2. The number of nitro benzene ring substituents is 1. The molecule has 1 atom stereocenters. The van der Waals surface area contributed by atoms with Gasteiger partial charge in [0.05, 0.1) is 12.0 Å². The molecule has 1 fully saturated rings. The van der Waals surface area contributed by atoms with Gasteiger partial charge in [0.25, 0.3) is 5.69 Å². The first-order valence-electron chi connectivity index (χ1n) is 9.02. The summed E-state index contributed by atoms with van der Waals surface area (Å²) in [6, 6.07) is 10.0. The van der Waals surface area contributed by atoms with Crippen LogP contribution >= 0.6 is 11.8 Å². The van der Waals surface area contributed by atoms with Crippen LogP contribution in [-0.2, 0) is 9.59 Å². The van der Waals surface area contributed by atoms with Gasteiger partial charge in [0.2, 0.25) is 11.8 Å². The molecule has 0 bridgehead atoms. The molecule has 2 aromatic rings. The molecule has 0 aromatic heterocycles. The number of nitro groups is 1. The number of benzene rings is 2. The Morgan fingerprint density at radius 1 is 1.27 bits per heavy atom. The molecular weight excluding hydrogens is 408 g/mol. The van der Waals surface area contributed by atoms with Crippen LogP contribution < -0.4 is 15.4 Å². The minimum Gasteiger partial charge on any atom is -0.494 e. The summed E-state index contributed by atoms with van der Waals surface area (Å²) in [6.45, 7) is 3.64. The van der Waals surface area contributed by atoms with Crippen LogP contribution in [0.1, 0.15) is 17.5 Å². The van der Waals surface area contributed by atoms with Crippen LogP contribution in [0.5, 0.6) is 5.75 Å². The second-order valence-electron chi connectivity index (χ2n) is 6.72. The Kier molecular flexibility index (Phi) is 6.36. The highest BCUT2D eigenvalue weighted by atomic mass is 32.2. The number of amidine groups is 1. The average molecular weight is 428 g/mol. The van der Waals surface area contributed by atoms with E-state index >= 15 is 0 Å². The number of nitrogens with one attached hydrogen (secondary N) is 2. The van der Waals surface area contributed by atoms with E-state index in [-0.39, 0.29) is 23.7 Å². The summed E-state index contributed by atoms with van der Waals surface area (Å²) in [5.74, 6) is -0.279. The van der Waals surface area contributed by atoms with Gasteiger partial charge in [-0.25, -0.2) is 4.99 Å². The molecule has 0 spiro atoms. The highest BCUT2D eigenvalue weighted by Gasteiger charge is 2.32. The normalized spacial score (nSPS) is 17.0. The minimum atomic E-state index is -0.691. The van der Waals surface area contributed by atoms with E-state index in [1.54, 1.807) is 19.1 Å². The van der Waals surface area contributed by atoms with Crippen LogP contribution in [0.15, 0.2) is 41.4 Å². The van der Waals surface area contributed by atoms with Crippen LogP contribution in [0.2, 0.25) is 0 Å². The van der Waals surface area contributed by atoms with Crippen molar-refractivity contribution in [3.63, 3.8) is 0 Å². The number of aryl methyl sites for hydroxylation is 2. The molecule has 1 unspecified atom stereocenters. The van der Waals surface area contributed by atoms with E-state index in [0.29, 0.717) is 22.2 Å². The Bertz CT molecular complexity index is 1050. The number of hydrogen-bond donors (Lipinski definition) is 2. The molecule has 0 aliphatic carbocycles. The lowest BCUT2D eigenvalue weighted by molar-refractivity contribution is -0.384. The largest absolute Gasteiger partial charge is 0.494 e. The summed E-state index contributed by atoms with van der Waals surface area (Å²) >= 11 is 1.13. The molecule has 0 radical (unpaired) electrons. The number of rotatable bonds is 6. The van der Waals surface area contributed by atoms with Crippen LogP contribution in [0.3, 0.4) is 0 Å². The Labute approximate surface area is 177 Å². The number of methoxy groups -OCH3 is 1.